The highest BCUT2D eigenvalue weighted by Gasteiger charge is 2.37. The molecule has 0 spiro atoms. The van der Waals surface area contributed by atoms with Crippen molar-refractivity contribution in [1.82, 2.24) is 9.47 Å². The zero-order valence-corrected chi connectivity index (χ0v) is 25.3. The predicted octanol–water partition coefficient (Wildman–Crippen LogP) is 3.11. The molecule has 0 aliphatic carbocycles. The van der Waals surface area contributed by atoms with E-state index in [1.165, 1.54) is 20.9 Å². The van der Waals surface area contributed by atoms with Crippen molar-refractivity contribution < 1.29 is 19.1 Å². The van der Waals surface area contributed by atoms with E-state index in [4.69, 9.17) is 14.5 Å². The van der Waals surface area contributed by atoms with Crippen molar-refractivity contribution in [2.45, 2.75) is 33.7 Å². The lowest BCUT2D eigenvalue weighted by molar-refractivity contribution is -0.127. The van der Waals surface area contributed by atoms with Gasteiger partial charge in [-0.15, -0.1) is 0 Å². The third kappa shape index (κ3) is 4.94. The molecular formula is C31H33N5O5S. The standard InChI is InChI=1S/C31H33N5O5S/c1-7-34(8-2)30(39)26-19(4)32-31-35(27(26)23-16-21(40-5)14-15-24(23)41-6)29(38)25(42-31)17-22-18(3)33-36(28(22)37)20-12-10-9-11-13-20/h9-17,22,27H,7-8H2,1-6H3/b25-17-/t22-,27+/m1/s1. The van der Waals surface area contributed by atoms with Gasteiger partial charge in [0, 0.05) is 18.7 Å². The lowest BCUT2D eigenvalue weighted by Crippen LogP contribution is -2.43. The number of likely N-dealkylation sites (N-methyl/N-ethyl adjacent to an activating group) is 1. The first-order valence-electron chi connectivity index (χ1n) is 13.7. The summed E-state index contributed by atoms with van der Waals surface area (Å²) in [7, 11) is 3.10. The molecule has 11 heteroatoms. The normalized spacial score (nSPS) is 18.5. The van der Waals surface area contributed by atoms with Crippen LogP contribution in [0.2, 0.25) is 0 Å². The Morgan fingerprint density at radius 3 is 2.40 bits per heavy atom. The summed E-state index contributed by atoms with van der Waals surface area (Å²) in [4.78, 5) is 48.4. The smallest absolute Gasteiger partial charge is 0.270 e. The Morgan fingerprint density at radius 1 is 1.05 bits per heavy atom. The van der Waals surface area contributed by atoms with Crippen LogP contribution >= 0.6 is 11.3 Å². The SMILES string of the molecule is CCN(CC)C(=O)C1=C(C)N=c2s/c(=C\[C@H]3C(=O)N(c4ccccc4)N=C3C)c(=O)n2[C@H]1c1cc(OC)ccc1OC. The molecule has 3 heterocycles. The van der Waals surface area contributed by atoms with Gasteiger partial charge in [0.2, 0.25) is 0 Å². The molecule has 1 aromatic heterocycles. The van der Waals surface area contributed by atoms with E-state index in [9.17, 15) is 14.4 Å². The minimum absolute atomic E-state index is 0.210. The molecule has 2 aliphatic heterocycles. The summed E-state index contributed by atoms with van der Waals surface area (Å²) in [5.41, 5.74) is 2.37. The van der Waals surface area contributed by atoms with Crippen LogP contribution in [0, 0.1) is 5.92 Å². The number of anilines is 1. The van der Waals surface area contributed by atoms with E-state index < -0.39 is 12.0 Å². The lowest BCUT2D eigenvalue weighted by atomic mass is 9.93. The topological polar surface area (TPSA) is 106 Å². The molecule has 42 heavy (non-hydrogen) atoms. The minimum Gasteiger partial charge on any atom is -0.497 e. The van der Waals surface area contributed by atoms with Gasteiger partial charge in [-0.05, 0) is 64.1 Å². The van der Waals surface area contributed by atoms with Gasteiger partial charge in [-0.25, -0.2) is 4.99 Å². The molecule has 218 valence electrons. The van der Waals surface area contributed by atoms with E-state index in [1.807, 2.05) is 44.2 Å². The van der Waals surface area contributed by atoms with Crippen molar-refractivity contribution in [3.8, 4) is 11.5 Å². The summed E-state index contributed by atoms with van der Waals surface area (Å²) in [6.07, 6.45) is 1.65. The number of hydrogen-bond acceptors (Lipinski definition) is 8. The zero-order valence-electron chi connectivity index (χ0n) is 24.5. The zero-order chi connectivity index (χ0) is 30.1. The van der Waals surface area contributed by atoms with Crippen LogP contribution in [0.4, 0.5) is 5.69 Å². The number of hydrogen-bond donors (Lipinski definition) is 0. The van der Waals surface area contributed by atoms with Gasteiger partial charge in [-0.2, -0.15) is 10.1 Å². The number of carbonyl (C=O) groups is 2. The molecule has 10 nitrogen and oxygen atoms in total. The predicted molar refractivity (Wildman–Crippen MR) is 163 cm³/mol. The van der Waals surface area contributed by atoms with Crippen LogP contribution in [-0.4, -0.2) is 54.3 Å². The van der Waals surface area contributed by atoms with Crippen molar-refractivity contribution in [1.29, 1.82) is 0 Å². The number of aromatic nitrogens is 1. The fourth-order valence-corrected chi connectivity index (χ4v) is 6.37. The molecule has 0 unspecified atom stereocenters. The van der Waals surface area contributed by atoms with Crippen LogP contribution in [0.3, 0.4) is 0 Å². The molecule has 2 amide bonds. The largest absolute Gasteiger partial charge is 0.497 e. The number of carbonyl (C=O) groups excluding carboxylic acids is 2. The second-order valence-electron chi connectivity index (χ2n) is 9.89. The summed E-state index contributed by atoms with van der Waals surface area (Å²) in [6, 6.07) is 13.6. The first-order chi connectivity index (χ1) is 20.2. The van der Waals surface area contributed by atoms with Crippen LogP contribution in [0.25, 0.3) is 6.08 Å². The molecule has 0 radical (unpaired) electrons. The van der Waals surface area contributed by atoms with E-state index in [1.54, 1.807) is 57.2 Å². The molecule has 3 aromatic rings. The molecule has 0 saturated carbocycles. The second-order valence-corrected chi connectivity index (χ2v) is 10.9. The molecule has 0 fully saturated rings. The number of hydrazone groups is 1. The van der Waals surface area contributed by atoms with Crippen molar-refractivity contribution in [2.24, 2.45) is 16.0 Å². The number of thiazole rings is 1. The van der Waals surface area contributed by atoms with Gasteiger partial charge in [-0.1, -0.05) is 29.5 Å². The van der Waals surface area contributed by atoms with E-state index in [2.05, 4.69) is 5.10 Å². The summed E-state index contributed by atoms with van der Waals surface area (Å²) >= 11 is 1.18. The molecule has 0 saturated heterocycles. The number of nitrogens with zero attached hydrogens (tertiary/aromatic N) is 5. The molecule has 2 atom stereocenters. The number of para-hydroxylation sites is 1. The molecule has 2 aliphatic rings. The van der Waals surface area contributed by atoms with Crippen molar-refractivity contribution in [3.05, 3.63) is 85.1 Å². The van der Waals surface area contributed by atoms with Gasteiger partial charge in [-0.3, -0.25) is 19.0 Å². The fraction of sp³-hybridized carbons (Fsp3) is 0.323. The minimum atomic E-state index is -0.823. The third-order valence-corrected chi connectivity index (χ3v) is 8.54. The molecule has 0 bridgehead atoms. The van der Waals surface area contributed by atoms with E-state index in [0.29, 0.717) is 62.2 Å². The first-order valence-corrected chi connectivity index (χ1v) is 14.5. The second kappa shape index (κ2) is 11.8. The number of allylic oxidation sites excluding steroid dienone is 1. The highest BCUT2D eigenvalue weighted by molar-refractivity contribution is 7.07. The average molecular weight is 588 g/mol. The van der Waals surface area contributed by atoms with Gasteiger partial charge in [0.15, 0.2) is 4.80 Å². The van der Waals surface area contributed by atoms with Crippen molar-refractivity contribution in [2.75, 3.05) is 32.3 Å². The van der Waals surface area contributed by atoms with E-state index in [-0.39, 0.29) is 17.4 Å². The molecular weight excluding hydrogens is 554 g/mol. The average Bonchev–Trinajstić information content (AvgIpc) is 3.46. The number of benzene rings is 2. The van der Waals surface area contributed by atoms with Crippen LogP contribution in [0.15, 0.2) is 74.7 Å². The molecule has 5 rings (SSSR count). The van der Waals surface area contributed by atoms with Gasteiger partial charge in [0.25, 0.3) is 17.4 Å². The maximum atomic E-state index is 14.2. The van der Waals surface area contributed by atoms with Gasteiger partial charge in [0.05, 0.1) is 41.4 Å². The Bertz CT molecular complexity index is 1790. The number of amides is 2. The molecule has 2 aromatic carbocycles. The van der Waals surface area contributed by atoms with Crippen LogP contribution in [0.1, 0.15) is 39.3 Å². The van der Waals surface area contributed by atoms with Crippen LogP contribution < -0.4 is 29.4 Å². The Hall–Kier alpha value is -4.51. The Morgan fingerprint density at radius 2 is 1.76 bits per heavy atom. The highest BCUT2D eigenvalue weighted by Crippen LogP contribution is 2.38. The van der Waals surface area contributed by atoms with Gasteiger partial charge >= 0.3 is 0 Å². The number of ether oxygens (including phenoxy) is 2. The third-order valence-electron chi connectivity index (χ3n) is 7.54. The summed E-state index contributed by atoms with van der Waals surface area (Å²) in [6.45, 7) is 8.37. The van der Waals surface area contributed by atoms with Gasteiger partial charge in [0.1, 0.15) is 23.5 Å². The Balaban J connectivity index is 1.69. The van der Waals surface area contributed by atoms with Crippen molar-refractivity contribution >= 4 is 40.6 Å². The number of methoxy groups -OCH3 is 2. The van der Waals surface area contributed by atoms with Gasteiger partial charge < -0.3 is 14.4 Å². The lowest BCUT2D eigenvalue weighted by Gasteiger charge is -2.30. The highest BCUT2D eigenvalue weighted by atomic mass is 32.1. The maximum Gasteiger partial charge on any atom is 0.270 e. The summed E-state index contributed by atoms with van der Waals surface area (Å²) in [5, 5.41) is 5.83. The van der Waals surface area contributed by atoms with Crippen LogP contribution in [-0.2, 0) is 9.59 Å². The number of rotatable bonds is 8. The van der Waals surface area contributed by atoms with Crippen LogP contribution in [0.5, 0.6) is 11.5 Å². The molecule has 0 N–H and O–H groups in total. The summed E-state index contributed by atoms with van der Waals surface area (Å²) in [5.74, 6) is -0.111. The van der Waals surface area contributed by atoms with E-state index >= 15 is 0 Å². The fourth-order valence-electron chi connectivity index (χ4n) is 5.31. The van der Waals surface area contributed by atoms with E-state index in [0.717, 1.165) is 0 Å². The number of fused-ring (bicyclic) bond motifs is 1. The maximum absolute atomic E-state index is 14.2. The monoisotopic (exact) mass is 587 g/mol. The first kappa shape index (κ1) is 29.0. The van der Waals surface area contributed by atoms with Crippen molar-refractivity contribution in [3.63, 3.8) is 0 Å². The Labute approximate surface area is 247 Å². The quantitative estimate of drug-likeness (QED) is 0.403. The summed E-state index contributed by atoms with van der Waals surface area (Å²) < 4.78 is 13.1. The Kier molecular flexibility index (Phi) is 8.13.